The third-order valence-corrected chi connectivity index (χ3v) is 7.36. The molecule has 3 rings (SSSR count). The molecule has 1 aliphatic heterocycles. The Labute approximate surface area is 148 Å². The van der Waals surface area contributed by atoms with Crippen LogP contribution in [0.2, 0.25) is 0 Å². The van der Waals surface area contributed by atoms with E-state index in [1.165, 1.54) is 0 Å². The third-order valence-electron chi connectivity index (χ3n) is 4.07. The topological polar surface area (TPSA) is 43.4 Å². The maximum Gasteiger partial charge on any atom is 0.183 e. The average Bonchev–Trinajstić information content (AvgIpc) is 2.84. The van der Waals surface area contributed by atoms with Gasteiger partial charge in [0.15, 0.2) is 9.84 Å². The van der Waals surface area contributed by atoms with E-state index in [9.17, 15) is 8.42 Å². The molecule has 24 heavy (non-hydrogen) atoms. The highest BCUT2D eigenvalue weighted by Gasteiger charge is 2.38. The Kier molecular flexibility index (Phi) is 5.51. The first-order valence-corrected chi connectivity index (χ1v) is 10.8. The zero-order chi connectivity index (χ0) is 17.0. The third kappa shape index (κ3) is 3.78. The maximum atomic E-state index is 12.7. The molecule has 0 saturated carbocycles. The number of hydrogen-bond donors (Lipinski definition) is 0. The van der Waals surface area contributed by atoms with E-state index in [0.29, 0.717) is 17.3 Å². The number of thioether (sulfide) groups is 1. The second-order valence-corrected chi connectivity index (χ2v) is 9.18. The largest absolute Gasteiger partial charge is 0.492 e. The van der Waals surface area contributed by atoms with Crippen LogP contribution in [0, 0.1) is 0 Å². The molecule has 0 fully saturated rings. The summed E-state index contributed by atoms with van der Waals surface area (Å²) in [5, 5.41) is -0.0772. The Hall–Kier alpha value is -1.46. The van der Waals surface area contributed by atoms with Crippen LogP contribution in [0.5, 0.6) is 5.75 Å². The molecule has 0 amide bonds. The molecule has 2 aromatic rings. The van der Waals surface area contributed by atoms with Gasteiger partial charge in [0.1, 0.15) is 10.6 Å². The molecule has 0 aliphatic carbocycles. The molecule has 0 spiro atoms. The molecule has 0 saturated heterocycles. The van der Waals surface area contributed by atoms with Crippen LogP contribution in [-0.2, 0) is 9.84 Å². The Balaban J connectivity index is 1.85. The Morgan fingerprint density at radius 1 is 1.08 bits per heavy atom. The van der Waals surface area contributed by atoms with Gasteiger partial charge in [-0.25, -0.2) is 8.42 Å². The first kappa shape index (κ1) is 17.4. The highest BCUT2D eigenvalue weighted by molar-refractivity contribution is 8.01. The van der Waals surface area contributed by atoms with Gasteiger partial charge in [-0.1, -0.05) is 50.1 Å². The van der Waals surface area contributed by atoms with Gasteiger partial charge in [0.25, 0.3) is 0 Å². The van der Waals surface area contributed by atoms with Crippen LogP contribution in [0.4, 0.5) is 0 Å². The summed E-state index contributed by atoms with van der Waals surface area (Å²) in [5.41, 5.74) is 0.872. The van der Waals surface area contributed by atoms with E-state index < -0.39 is 9.84 Å². The lowest BCUT2D eigenvalue weighted by atomic mass is 10.1. The van der Waals surface area contributed by atoms with Gasteiger partial charge in [-0.15, -0.1) is 11.8 Å². The van der Waals surface area contributed by atoms with E-state index in [4.69, 9.17) is 4.74 Å². The van der Waals surface area contributed by atoms with Gasteiger partial charge >= 0.3 is 0 Å². The van der Waals surface area contributed by atoms with E-state index in [1.54, 1.807) is 17.8 Å². The number of rotatable bonds is 7. The van der Waals surface area contributed by atoms with Gasteiger partial charge in [-0.2, -0.15) is 0 Å². The van der Waals surface area contributed by atoms with Crippen molar-refractivity contribution >= 4 is 21.6 Å². The van der Waals surface area contributed by atoms with Crippen molar-refractivity contribution in [3.05, 3.63) is 54.1 Å². The van der Waals surface area contributed by atoms with E-state index >= 15 is 0 Å². The fraction of sp³-hybridized carbons (Fsp3) is 0.368. The van der Waals surface area contributed by atoms with Crippen LogP contribution in [0.1, 0.15) is 37.0 Å². The fourth-order valence-corrected chi connectivity index (χ4v) is 6.50. The minimum absolute atomic E-state index is 0.0772. The van der Waals surface area contributed by atoms with Crippen molar-refractivity contribution in [2.75, 3.05) is 12.4 Å². The van der Waals surface area contributed by atoms with Crippen molar-refractivity contribution < 1.29 is 13.2 Å². The second kappa shape index (κ2) is 7.62. The van der Waals surface area contributed by atoms with Crippen molar-refractivity contribution in [1.82, 2.24) is 0 Å². The molecule has 1 unspecified atom stereocenters. The predicted molar refractivity (Wildman–Crippen MR) is 98.6 cm³/mol. The summed E-state index contributed by atoms with van der Waals surface area (Å²) < 4.78 is 31.1. The molecule has 3 nitrogen and oxygen atoms in total. The fourth-order valence-electron chi connectivity index (χ4n) is 2.90. The quantitative estimate of drug-likeness (QED) is 0.659. The van der Waals surface area contributed by atoms with Crippen molar-refractivity contribution in [1.29, 1.82) is 0 Å². The normalized spacial score (nSPS) is 18.3. The van der Waals surface area contributed by atoms with Crippen LogP contribution in [0.15, 0.2) is 58.3 Å². The van der Waals surface area contributed by atoms with Crippen LogP contribution >= 0.6 is 11.8 Å². The lowest BCUT2D eigenvalue weighted by molar-refractivity contribution is 0.298. The lowest BCUT2D eigenvalue weighted by Crippen LogP contribution is -2.04. The lowest BCUT2D eigenvalue weighted by Gasteiger charge is -2.12. The standard InChI is InChI=1S/C19H22O3S2/c1-2-3-7-13-22-17-12-8-11-16-18(14-24(20,21)19(16)17)23-15-9-5-4-6-10-15/h4-6,8-12,18H,2-3,7,13-14H2,1H3. The molecule has 0 bridgehead atoms. The van der Waals surface area contributed by atoms with Crippen molar-refractivity contribution in [2.24, 2.45) is 0 Å². The predicted octanol–water partition coefficient (Wildman–Crippen LogP) is 4.88. The first-order chi connectivity index (χ1) is 11.6. The number of sulfone groups is 1. The first-order valence-electron chi connectivity index (χ1n) is 8.32. The van der Waals surface area contributed by atoms with E-state index in [2.05, 4.69) is 6.92 Å². The van der Waals surface area contributed by atoms with Gasteiger partial charge in [-0.3, -0.25) is 0 Å². The Bertz CT molecular complexity index is 786. The van der Waals surface area contributed by atoms with Crippen LogP contribution in [0.25, 0.3) is 0 Å². The van der Waals surface area contributed by atoms with Gasteiger partial charge in [-0.05, 0) is 30.2 Å². The smallest absolute Gasteiger partial charge is 0.183 e. The summed E-state index contributed by atoms with van der Waals surface area (Å²) in [6, 6.07) is 15.5. The number of fused-ring (bicyclic) bond motifs is 1. The summed E-state index contributed by atoms with van der Waals surface area (Å²) in [6.07, 6.45) is 3.15. The summed E-state index contributed by atoms with van der Waals surface area (Å²) >= 11 is 1.60. The Morgan fingerprint density at radius 3 is 2.62 bits per heavy atom. The molecule has 1 aliphatic rings. The van der Waals surface area contributed by atoms with Gasteiger partial charge in [0, 0.05) is 4.90 Å². The monoisotopic (exact) mass is 362 g/mol. The zero-order valence-electron chi connectivity index (χ0n) is 13.8. The number of benzene rings is 2. The molecule has 5 heteroatoms. The number of unbranched alkanes of at least 4 members (excludes halogenated alkanes) is 2. The Morgan fingerprint density at radius 2 is 1.88 bits per heavy atom. The SMILES string of the molecule is CCCCCOc1cccc2c1S(=O)(=O)CC2Sc1ccccc1. The van der Waals surface area contributed by atoms with E-state index in [0.717, 1.165) is 29.7 Å². The molecule has 1 heterocycles. The molecule has 2 aromatic carbocycles. The minimum atomic E-state index is -3.29. The minimum Gasteiger partial charge on any atom is -0.492 e. The molecule has 1 atom stereocenters. The second-order valence-electron chi connectivity index (χ2n) is 5.93. The van der Waals surface area contributed by atoms with Gasteiger partial charge < -0.3 is 4.74 Å². The number of hydrogen-bond acceptors (Lipinski definition) is 4. The highest BCUT2D eigenvalue weighted by Crippen LogP contribution is 2.48. The van der Waals surface area contributed by atoms with E-state index in [1.807, 2.05) is 42.5 Å². The average molecular weight is 363 g/mol. The van der Waals surface area contributed by atoms with Crippen LogP contribution in [-0.4, -0.2) is 20.8 Å². The maximum absolute atomic E-state index is 12.7. The van der Waals surface area contributed by atoms with Crippen LogP contribution in [0.3, 0.4) is 0 Å². The molecule has 0 radical (unpaired) electrons. The summed E-state index contributed by atoms with van der Waals surface area (Å²) in [5.74, 6) is 0.650. The zero-order valence-corrected chi connectivity index (χ0v) is 15.4. The molecule has 0 aromatic heterocycles. The van der Waals surface area contributed by atoms with Crippen molar-refractivity contribution in [2.45, 2.75) is 41.2 Å². The van der Waals surface area contributed by atoms with E-state index in [-0.39, 0.29) is 11.0 Å². The number of ether oxygens (including phenoxy) is 1. The summed E-state index contributed by atoms with van der Waals surface area (Å²) in [4.78, 5) is 1.48. The summed E-state index contributed by atoms with van der Waals surface area (Å²) in [6.45, 7) is 2.70. The van der Waals surface area contributed by atoms with Crippen LogP contribution < -0.4 is 4.74 Å². The molecular formula is C19H22O3S2. The van der Waals surface area contributed by atoms with Gasteiger partial charge in [0.2, 0.25) is 0 Å². The molecule has 0 N–H and O–H groups in total. The van der Waals surface area contributed by atoms with Gasteiger partial charge in [0.05, 0.1) is 17.6 Å². The molecular weight excluding hydrogens is 340 g/mol. The van der Waals surface area contributed by atoms with Crippen molar-refractivity contribution in [3.63, 3.8) is 0 Å². The highest BCUT2D eigenvalue weighted by atomic mass is 32.2. The van der Waals surface area contributed by atoms with Crippen molar-refractivity contribution in [3.8, 4) is 5.75 Å². The summed E-state index contributed by atoms with van der Waals surface area (Å²) in [7, 11) is -3.29. The molecule has 128 valence electrons.